The van der Waals surface area contributed by atoms with Crippen LogP contribution >= 0.6 is 0 Å². The molecule has 0 amide bonds. The molecule has 0 unspecified atom stereocenters. The second kappa shape index (κ2) is 5.87. The summed E-state index contributed by atoms with van der Waals surface area (Å²) in [5, 5.41) is 12.4. The number of hydrogen-bond acceptors (Lipinski definition) is 5. The van der Waals surface area contributed by atoms with E-state index in [1.807, 2.05) is 24.3 Å². The summed E-state index contributed by atoms with van der Waals surface area (Å²) in [4.78, 5) is 2.33. The number of aromatic nitrogens is 4. The summed E-state index contributed by atoms with van der Waals surface area (Å²) in [7, 11) is 1.70. The van der Waals surface area contributed by atoms with Crippen molar-refractivity contribution in [2.24, 2.45) is 0 Å². The maximum atomic E-state index is 5.23. The fourth-order valence-electron chi connectivity index (χ4n) is 3.21. The predicted molar refractivity (Wildman–Crippen MR) is 88.0 cm³/mol. The van der Waals surface area contributed by atoms with Crippen molar-refractivity contribution < 1.29 is 4.74 Å². The van der Waals surface area contributed by atoms with Gasteiger partial charge in [0.05, 0.1) is 7.11 Å². The van der Waals surface area contributed by atoms with E-state index in [0.29, 0.717) is 5.92 Å². The van der Waals surface area contributed by atoms with Crippen molar-refractivity contribution in [1.29, 1.82) is 0 Å². The Morgan fingerprint density at radius 1 is 1.04 bits per heavy atom. The lowest BCUT2D eigenvalue weighted by atomic mass is 9.89. The van der Waals surface area contributed by atoms with Gasteiger partial charge in [-0.15, -0.1) is 15.3 Å². The van der Waals surface area contributed by atoms with Crippen molar-refractivity contribution in [2.75, 3.05) is 25.1 Å². The van der Waals surface area contributed by atoms with E-state index in [9.17, 15) is 0 Å². The first-order valence-corrected chi connectivity index (χ1v) is 7.89. The molecule has 6 nitrogen and oxygen atoms in total. The third-order valence-corrected chi connectivity index (χ3v) is 4.55. The Morgan fingerprint density at radius 2 is 1.83 bits per heavy atom. The molecule has 1 aliphatic rings. The van der Waals surface area contributed by atoms with E-state index in [4.69, 9.17) is 4.74 Å². The van der Waals surface area contributed by atoms with E-state index >= 15 is 0 Å². The van der Waals surface area contributed by atoms with Crippen LogP contribution in [0.1, 0.15) is 24.3 Å². The van der Waals surface area contributed by atoms with E-state index in [1.54, 1.807) is 18.0 Å². The van der Waals surface area contributed by atoms with Gasteiger partial charge in [0, 0.05) is 13.1 Å². The van der Waals surface area contributed by atoms with Crippen LogP contribution in [0.4, 0.5) is 5.82 Å². The lowest BCUT2D eigenvalue weighted by Gasteiger charge is -2.32. The van der Waals surface area contributed by atoms with Gasteiger partial charge in [-0.05, 0) is 48.6 Å². The topological polar surface area (TPSA) is 55.5 Å². The number of piperidine rings is 1. The molecule has 1 aromatic carbocycles. The number of ether oxygens (including phenoxy) is 1. The van der Waals surface area contributed by atoms with E-state index in [-0.39, 0.29) is 0 Å². The zero-order valence-corrected chi connectivity index (χ0v) is 13.1. The summed E-state index contributed by atoms with van der Waals surface area (Å²) < 4.78 is 6.96. The molecule has 1 aliphatic heterocycles. The molecule has 4 rings (SSSR count). The molecule has 3 heterocycles. The molecule has 0 spiro atoms. The van der Waals surface area contributed by atoms with Crippen LogP contribution in [0.25, 0.3) is 5.65 Å². The fraction of sp³-hybridized carbons (Fsp3) is 0.353. The van der Waals surface area contributed by atoms with Crippen molar-refractivity contribution in [3.05, 3.63) is 48.3 Å². The second-order valence-corrected chi connectivity index (χ2v) is 5.86. The Balaban J connectivity index is 1.45. The van der Waals surface area contributed by atoms with Crippen LogP contribution in [0.3, 0.4) is 0 Å². The van der Waals surface area contributed by atoms with Gasteiger partial charge in [-0.25, -0.2) is 0 Å². The standard InChI is InChI=1S/C17H19N5O/c1-23-15-4-2-13(3-5-15)14-8-10-21(11-9-14)17-7-6-16-19-18-12-22(16)20-17/h2-7,12,14H,8-11H2,1H3. The van der Waals surface area contributed by atoms with Gasteiger partial charge in [0.25, 0.3) is 0 Å². The van der Waals surface area contributed by atoms with Crippen LogP contribution in [0, 0.1) is 0 Å². The number of methoxy groups -OCH3 is 1. The van der Waals surface area contributed by atoms with E-state index in [0.717, 1.165) is 43.1 Å². The fourth-order valence-corrected chi connectivity index (χ4v) is 3.21. The normalized spacial score (nSPS) is 16.0. The Bertz CT molecular complexity index is 790. The summed E-state index contributed by atoms with van der Waals surface area (Å²) in [6, 6.07) is 12.4. The average Bonchev–Trinajstić information content (AvgIpc) is 3.10. The van der Waals surface area contributed by atoms with Gasteiger partial charge in [-0.1, -0.05) is 12.1 Å². The zero-order chi connectivity index (χ0) is 15.6. The summed E-state index contributed by atoms with van der Waals surface area (Å²) in [5.74, 6) is 2.51. The highest BCUT2D eigenvalue weighted by Crippen LogP contribution is 2.30. The minimum absolute atomic E-state index is 0.607. The van der Waals surface area contributed by atoms with E-state index in [2.05, 4.69) is 32.3 Å². The molecule has 1 fully saturated rings. The summed E-state index contributed by atoms with van der Waals surface area (Å²) in [6.45, 7) is 2.02. The van der Waals surface area contributed by atoms with E-state index < -0.39 is 0 Å². The van der Waals surface area contributed by atoms with Crippen LogP contribution in [0.5, 0.6) is 5.75 Å². The van der Waals surface area contributed by atoms with Crippen LogP contribution in [-0.2, 0) is 0 Å². The van der Waals surface area contributed by atoms with Crippen LogP contribution in [-0.4, -0.2) is 40.0 Å². The molecule has 0 N–H and O–H groups in total. The number of rotatable bonds is 3. The second-order valence-electron chi connectivity index (χ2n) is 5.86. The Labute approximate surface area is 134 Å². The van der Waals surface area contributed by atoms with Gasteiger partial charge >= 0.3 is 0 Å². The number of anilines is 1. The van der Waals surface area contributed by atoms with Crippen LogP contribution < -0.4 is 9.64 Å². The minimum atomic E-state index is 0.607. The first kappa shape index (κ1) is 14.0. The third-order valence-electron chi connectivity index (χ3n) is 4.55. The molecule has 0 radical (unpaired) electrons. The van der Waals surface area contributed by atoms with Crippen molar-refractivity contribution in [3.8, 4) is 5.75 Å². The Hall–Kier alpha value is -2.63. The molecular weight excluding hydrogens is 290 g/mol. The molecule has 23 heavy (non-hydrogen) atoms. The molecule has 1 saturated heterocycles. The highest BCUT2D eigenvalue weighted by molar-refractivity contribution is 5.45. The lowest BCUT2D eigenvalue weighted by Crippen LogP contribution is -2.33. The van der Waals surface area contributed by atoms with Crippen LogP contribution in [0.15, 0.2) is 42.7 Å². The third kappa shape index (κ3) is 2.72. The van der Waals surface area contributed by atoms with Crippen molar-refractivity contribution >= 4 is 11.5 Å². The molecule has 0 saturated carbocycles. The van der Waals surface area contributed by atoms with Gasteiger partial charge in [0.2, 0.25) is 0 Å². The molecule has 118 valence electrons. The first-order valence-electron chi connectivity index (χ1n) is 7.89. The van der Waals surface area contributed by atoms with Gasteiger partial charge < -0.3 is 9.64 Å². The monoisotopic (exact) mass is 309 g/mol. The maximum Gasteiger partial charge on any atom is 0.177 e. The predicted octanol–water partition coefficient (Wildman–Crippen LogP) is 2.52. The highest BCUT2D eigenvalue weighted by atomic mass is 16.5. The van der Waals surface area contributed by atoms with Gasteiger partial charge in [-0.2, -0.15) is 4.52 Å². The molecular formula is C17H19N5O. The quantitative estimate of drug-likeness (QED) is 0.744. The number of nitrogens with zero attached hydrogens (tertiary/aromatic N) is 5. The van der Waals surface area contributed by atoms with Crippen molar-refractivity contribution in [1.82, 2.24) is 19.8 Å². The van der Waals surface area contributed by atoms with Crippen LogP contribution in [0.2, 0.25) is 0 Å². The van der Waals surface area contributed by atoms with E-state index in [1.165, 1.54) is 5.56 Å². The average molecular weight is 309 g/mol. The Kier molecular flexibility index (Phi) is 3.57. The maximum absolute atomic E-state index is 5.23. The number of benzene rings is 1. The minimum Gasteiger partial charge on any atom is -0.497 e. The Morgan fingerprint density at radius 3 is 2.57 bits per heavy atom. The molecule has 6 heteroatoms. The molecule has 0 bridgehead atoms. The lowest BCUT2D eigenvalue weighted by molar-refractivity contribution is 0.414. The molecule has 0 aliphatic carbocycles. The first-order chi connectivity index (χ1) is 11.3. The highest BCUT2D eigenvalue weighted by Gasteiger charge is 2.21. The smallest absolute Gasteiger partial charge is 0.177 e. The summed E-state index contributed by atoms with van der Waals surface area (Å²) >= 11 is 0. The van der Waals surface area contributed by atoms with Crippen molar-refractivity contribution in [2.45, 2.75) is 18.8 Å². The van der Waals surface area contributed by atoms with Gasteiger partial charge in [0.1, 0.15) is 17.9 Å². The molecule has 3 aromatic rings. The number of hydrogen-bond donors (Lipinski definition) is 0. The van der Waals surface area contributed by atoms with Crippen molar-refractivity contribution in [3.63, 3.8) is 0 Å². The van der Waals surface area contributed by atoms with Gasteiger partial charge in [-0.3, -0.25) is 0 Å². The largest absolute Gasteiger partial charge is 0.497 e. The molecule has 2 aromatic heterocycles. The summed E-state index contributed by atoms with van der Waals surface area (Å²) in [5.41, 5.74) is 2.18. The number of fused-ring (bicyclic) bond motifs is 1. The summed E-state index contributed by atoms with van der Waals surface area (Å²) in [6.07, 6.45) is 3.91. The zero-order valence-electron chi connectivity index (χ0n) is 13.1. The molecule has 0 atom stereocenters. The SMILES string of the molecule is COc1ccc(C2CCN(c3ccc4nncn4n3)CC2)cc1. The van der Waals surface area contributed by atoms with Gasteiger partial charge in [0.15, 0.2) is 5.65 Å².